The summed E-state index contributed by atoms with van der Waals surface area (Å²) < 4.78 is 5.43. The average molecular weight is 281 g/mol. The number of nitriles is 1. The second-order valence-electron chi connectivity index (χ2n) is 4.27. The van der Waals surface area contributed by atoms with Gasteiger partial charge in [-0.1, -0.05) is 18.2 Å². The monoisotopic (exact) mass is 281 g/mol. The van der Waals surface area contributed by atoms with E-state index in [9.17, 15) is 4.79 Å². The van der Waals surface area contributed by atoms with Crippen LogP contribution in [-0.4, -0.2) is 12.5 Å². The number of ether oxygens (including phenoxy) is 1. The van der Waals surface area contributed by atoms with Gasteiger partial charge in [-0.25, -0.2) is 0 Å². The van der Waals surface area contributed by atoms with Crippen molar-refractivity contribution in [2.24, 2.45) is 0 Å². The summed E-state index contributed by atoms with van der Waals surface area (Å²) in [7, 11) is 0. The molecule has 106 valence electrons. The van der Waals surface area contributed by atoms with Gasteiger partial charge in [0.05, 0.1) is 29.1 Å². The number of carbonyl (C=O) groups is 1. The molecule has 2 rings (SSSR count). The third kappa shape index (κ3) is 3.12. The number of nitrogens with one attached hydrogen (secondary N) is 1. The van der Waals surface area contributed by atoms with Crippen LogP contribution in [0, 0.1) is 11.3 Å². The van der Waals surface area contributed by atoms with Crippen LogP contribution in [0.4, 0.5) is 11.4 Å². The van der Waals surface area contributed by atoms with Crippen LogP contribution in [0.15, 0.2) is 42.5 Å². The van der Waals surface area contributed by atoms with Crippen molar-refractivity contribution >= 4 is 17.3 Å². The Bertz CT molecular complexity index is 705. The summed E-state index contributed by atoms with van der Waals surface area (Å²) in [5.41, 5.74) is 7.43. The van der Waals surface area contributed by atoms with Gasteiger partial charge in [0, 0.05) is 0 Å². The predicted molar refractivity (Wildman–Crippen MR) is 81.1 cm³/mol. The van der Waals surface area contributed by atoms with E-state index >= 15 is 0 Å². The molecule has 0 saturated heterocycles. The van der Waals surface area contributed by atoms with Gasteiger partial charge in [-0.3, -0.25) is 4.79 Å². The standard InChI is InChI=1S/C16H15N3O2/c1-2-21-15-12(7-5-8-13(15)18)16(20)19-14-9-4-3-6-11(14)10-17/h3-9H,2,18H2,1H3,(H,19,20). The normalized spacial score (nSPS) is 9.71. The lowest BCUT2D eigenvalue weighted by molar-refractivity contribution is 0.102. The van der Waals surface area contributed by atoms with E-state index in [-0.39, 0.29) is 5.91 Å². The van der Waals surface area contributed by atoms with E-state index in [4.69, 9.17) is 15.7 Å². The first-order valence-corrected chi connectivity index (χ1v) is 6.49. The van der Waals surface area contributed by atoms with Gasteiger partial charge < -0.3 is 15.8 Å². The SMILES string of the molecule is CCOc1c(N)cccc1C(=O)Nc1ccccc1C#N. The number of nitrogens with two attached hydrogens (primary N) is 1. The van der Waals surface area contributed by atoms with Gasteiger partial charge in [0.25, 0.3) is 5.91 Å². The largest absolute Gasteiger partial charge is 0.491 e. The maximum atomic E-state index is 12.4. The zero-order valence-electron chi connectivity index (χ0n) is 11.6. The van der Waals surface area contributed by atoms with Gasteiger partial charge in [-0.05, 0) is 31.2 Å². The minimum atomic E-state index is -0.367. The van der Waals surface area contributed by atoms with Crippen molar-refractivity contribution in [2.75, 3.05) is 17.7 Å². The maximum absolute atomic E-state index is 12.4. The topological polar surface area (TPSA) is 88.1 Å². The summed E-state index contributed by atoms with van der Waals surface area (Å²) in [6, 6.07) is 13.8. The summed E-state index contributed by atoms with van der Waals surface area (Å²) in [6.07, 6.45) is 0. The molecule has 2 aromatic rings. The highest BCUT2D eigenvalue weighted by atomic mass is 16.5. The smallest absolute Gasteiger partial charge is 0.259 e. The molecular formula is C16H15N3O2. The third-order valence-corrected chi connectivity index (χ3v) is 2.87. The molecule has 3 N–H and O–H groups in total. The van der Waals surface area contributed by atoms with E-state index in [0.717, 1.165) is 0 Å². The third-order valence-electron chi connectivity index (χ3n) is 2.87. The number of nitrogen functional groups attached to an aromatic ring is 1. The molecule has 5 nitrogen and oxygen atoms in total. The molecule has 0 aliphatic carbocycles. The van der Waals surface area contributed by atoms with Gasteiger partial charge in [-0.15, -0.1) is 0 Å². The quantitative estimate of drug-likeness (QED) is 0.843. The molecule has 0 aliphatic heterocycles. The molecule has 1 amide bonds. The summed E-state index contributed by atoms with van der Waals surface area (Å²) in [4.78, 5) is 12.4. The maximum Gasteiger partial charge on any atom is 0.259 e. The molecule has 0 heterocycles. The lowest BCUT2D eigenvalue weighted by atomic mass is 10.1. The molecule has 0 aliphatic rings. The van der Waals surface area contributed by atoms with E-state index < -0.39 is 0 Å². The van der Waals surface area contributed by atoms with Crippen LogP contribution < -0.4 is 15.8 Å². The molecule has 0 aromatic heterocycles. The fourth-order valence-electron chi connectivity index (χ4n) is 1.92. The van der Waals surface area contributed by atoms with E-state index in [1.54, 1.807) is 42.5 Å². The Morgan fingerprint density at radius 2 is 2.05 bits per heavy atom. The Morgan fingerprint density at radius 1 is 1.29 bits per heavy atom. The first-order chi connectivity index (χ1) is 10.2. The van der Waals surface area contributed by atoms with Crippen LogP contribution in [0.5, 0.6) is 5.75 Å². The summed E-state index contributed by atoms with van der Waals surface area (Å²) in [6.45, 7) is 2.22. The number of nitrogens with zero attached hydrogens (tertiary/aromatic N) is 1. The highest BCUT2D eigenvalue weighted by Crippen LogP contribution is 2.27. The Kier molecular flexibility index (Phi) is 4.42. The van der Waals surface area contributed by atoms with Crippen LogP contribution in [0.25, 0.3) is 0 Å². The Labute approximate surface area is 123 Å². The van der Waals surface area contributed by atoms with Gasteiger partial charge in [0.2, 0.25) is 0 Å². The van der Waals surface area contributed by atoms with Crippen molar-refractivity contribution in [3.8, 4) is 11.8 Å². The molecule has 0 atom stereocenters. The minimum Gasteiger partial charge on any atom is -0.491 e. The molecule has 2 aromatic carbocycles. The molecule has 0 saturated carbocycles. The fraction of sp³-hybridized carbons (Fsp3) is 0.125. The van der Waals surface area contributed by atoms with Gasteiger partial charge in [0.1, 0.15) is 6.07 Å². The van der Waals surface area contributed by atoms with Crippen LogP contribution >= 0.6 is 0 Å². The molecule has 0 bridgehead atoms. The number of para-hydroxylation sites is 2. The van der Waals surface area contributed by atoms with Crippen LogP contribution in [0.2, 0.25) is 0 Å². The summed E-state index contributed by atoms with van der Waals surface area (Å²) in [5, 5.41) is 11.7. The highest BCUT2D eigenvalue weighted by Gasteiger charge is 2.16. The van der Waals surface area contributed by atoms with Crippen LogP contribution in [-0.2, 0) is 0 Å². The van der Waals surface area contributed by atoms with Gasteiger partial charge in [-0.2, -0.15) is 5.26 Å². The summed E-state index contributed by atoms with van der Waals surface area (Å²) in [5.74, 6) is -0.0135. The van der Waals surface area contributed by atoms with Crippen molar-refractivity contribution in [2.45, 2.75) is 6.92 Å². The van der Waals surface area contributed by atoms with Crippen molar-refractivity contribution in [1.82, 2.24) is 0 Å². The Balaban J connectivity index is 2.33. The lowest BCUT2D eigenvalue weighted by Gasteiger charge is -2.13. The fourth-order valence-corrected chi connectivity index (χ4v) is 1.92. The number of hydrogen-bond donors (Lipinski definition) is 2. The number of rotatable bonds is 4. The zero-order valence-corrected chi connectivity index (χ0v) is 11.6. The van der Waals surface area contributed by atoms with Crippen molar-refractivity contribution in [1.29, 1.82) is 5.26 Å². The van der Waals surface area contributed by atoms with E-state index in [0.29, 0.717) is 34.9 Å². The average Bonchev–Trinajstić information content (AvgIpc) is 2.50. The van der Waals surface area contributed by atoms with E-state index in [1.165, 1.54) is 0 Å². The molecular weight excluding hydrogens is 266 g/mol. The summed E-state index contributed by atoms with van der Waals surface area (Å²) >= 11 is 0. The number of amides is 1. The lowest BCUT2D eigenvalue weighted by Crippen LogP contribution is -2.15. The van der Waals surface area contributed by atoms with Crippen molar-refractivity contribution < 1.29 is 9.53 Å². The van der Waals surface area contributed by atoms with Gasteiger partial charge >= 0.3 is 0 Å². The molecule has 5 heteroatoms. The minimum absolute atomic E-state index is 0.338. The second-order valence-corrected chi connectivity index (χ2v) is 4.27. The van der Waals surface area contributed by atoms with Crippen LogP contribution in [0.1, 0.15) is 22.8 Å². The molecule has 0 spiro atoms. The Hall–Kier alpha value is -3.00. The van der Waals surface area contributed by atoms with Crippen molar-refractivity contribution in [3.63, 3.8) is 0 Å². The molecule has 0 unspecified atom stereocenters. The molecule has 21 heavy (non-hydrogen) atoms. The predicted octanol–water partition coefficient (Wildman–Crippen LogP) is 2.79. The van der Waals surface area contributed by atoms with Crippen LogP contribution in [0.3, 0.4) is 0 Å². The first-order valence-electron chi connectivity index (χ1n) is 6.49. The van der Waals surface area contributed by atoms with E-state index in [1.807, 2.05) is 13.0 Å². The zero-order chi connectivity index (χ0) is 15.2. The van der Waals surface area contributed by atoms with E-state index in [2.05, 4.69) is 5.32 Å². The number of anilines is 2. The first kappa shape index (κ1) is 14.4. The molecule has 0 fully saturated rings. The molecule has 0 radical (unpaired) electrons. The van der Waals surface area contributed by atoms with Crippen molar-refractivity contribution in [3.05, 3.63) is 53.6 Å². The number of hydrogen-bond acceptors (Lipinski definition) is 4. The number of carbonyl (C=O) groups excluding carboxylic acids is 1. The highest BCUT2D eigenvalue weighted by molar-refractivity contribution is 6.07. The van der Waals surface area contributed by atoms with Gasteiger partial charge in [0.15, 0.2) is 5.75 Å². The second kappa shape index (κ2) is 6.44. The Morgan fingerprint density at radius 3 is 2.76 bits per heavy atom. The number of benzene rings is 2.